The second-order valence-electron chi connectivity index (χ2n) is 4.87. The third-order valence-corrected chi connectivity index (χ3v) is 3.50. The average molecular weight is 243 g/mol. The highest BCUT2D eigenvalue weighted by molar-refractivity contribution is 5.94. The van der Waals surface area contributed by atoms with Gasteiger partial charge in [-0.2, -0.15) is 5.26 Å². The number of amides is 1. The van der Waals surface area contributed by atoms with Crippen LogP contribution in [-0.2, 0) is 0 Å². The smallest absolute Gasteiger partial charge is 0.253 e. The van der Waals surface area contributed by atoms with Gasteiger partial charge in [-0.05, 0) is 30.5 Å². The van der Waals surface area contributed by atoms with E-state index >= 15 is 0 Å². The van der Waals surface area contributed by atoms with Crippen LogP contribution in [0.4, 0.5) is 0 Å². The van der Waals surface area contributed by atoms with Crippen molar-refractivity contribution in [2.75, 3.05) is 13.1 Å². The Morgan fingerprint density at radius 3 is 3.00 bits per heavy atom. The molecule has 94 valence electrons. The zero-order valence-electron chi connectivity index (χ0n) is 10.5. The average Bonchev–Trinajstić information content (AvgIpc) is 2.41. The van der Waals surface area contributed by atoms with Crippen LogP contribution in [-0.4, -0.2) is 29.9 Å². The minimum Gasteiger partial charge on any atom is -0.338 e. The molecule has 1 aromatic rings. The molecular weight excluding hydrogens is 226 g/mol. The van der Waals surface area contributed by atoms with Crippen LogP contribution in [0.5, 0.6) is 0 Å². The van der Waals surface area contributed by atoms with Crippen molar-refractivity contribution in [3.63, 3.8) is 0 Å². The fraction of sp³-hybridized carbons (Fsp3) is 0.429. The van der Waals surface area contributed by atoms with Gasteiger partial charge >= 0.3 is 0 Å². The Labute approximate surface area is 107 Å². The summed E-state index contributed by atoms with van der Waals surface area (Å²) in [4.78, 5) is 14.1. The second kappa shape index (κ2) is 5.19. The summed E-state index contributed by atoms with van der Waals surface area (Å²) in [5.74, 6) is 0.313. The van der Waals surface area contributed by atoms with Gasteiger partial charge in [-0.15, -0.1) is 0 Å². The highest BCUT2D eigenvalue weighted by atomic mass is 16.2. The van der Waals surface area contributed by atoms with E-state index in [0.29, 0.717) is 30.1 Å². The van der Waals surface area contributed by atoms with Crippen molar-refractivity contribution >= 4 is 5.91 Å². The molecule has 0 spiro atoms. The summed E-state index contributed by atoms with van der Waals surface area (Å²) in [6.45, 7) is 3.45. The molecule has 1 aliphatic heterocycles. The van der Waals surface area contributed by atoms with Crippen molar-refractivity contribution in [1.29, 1.82) is 5.26 Å². The van der Waals surface area contributed by atoms with E-state index < -0.39 is 0 Å². The molecule has 1 saturated heterocycles. The third-order valence-electron chi connectivity index (χ3n) is 3.50. The van der Waals surface area contributed by atoms with E-state index in [2.05, 4.69) is 13.0 Å². The predicted molar refractivity (Wildman–Crippen MR) is 68.8 cm³/mol. The first-order chi connectivity index (χ1) is 8.61. The lowest BCUT2D eigenvalue weighted by Crippen LogP contribution is -2.48. The number of benzene rings is 1. The number of piperidine rings is 1. The van der Waals surface area contributed by atoms with Gasteiger partial charge in [0.1, 0.15) is 0 Å². The Kier molecular flexibility index (Phi) is 3.63. The maximum absolute atomic E-state index is 12.3. The number of hydrogen-bond acceptors (Lipinski definition) is 3. The van der Waals surface area contributed by atoms with Crippen molar-refractivity contribution in [2.45, 2.75) is 19.4 Å². The highest BCUT2D eigenvalue weighted by Crippen LogP contribution is 2.17. The van der Waals surface area contributed by atoms with Crippen molar-refractivity contribution in [3.8, 4) is 6.07 Å². The summed E-state index contributed by atoms with van der Waals surface area (Å²) in [5.41, 5.74) is 7.04. The quantitative estimate of drug-likeness (QED) is 0.809. The topological polar surface area (TPSA) is 70.1 Å². The molecule has 1 aliphatic rings. The predicted octanol–water partition coefficient (Wildman–Crippen LogP) is 1.37. The Morgan fingerprint density at radius 2 is 2.33 bits per heavy atom. The maximum Gasteiger partial charge on any atom is 0.253 e. The molecule has 4 heteroatoms. The molecule has 0 aromatic heterocycles. The van der Waals surface area contributed by atoms with Crippen LogP contribution in [0.2, 0.25) is 0 Å². The van der Waals surface area contributed by atoms with Gasteiger partial charge in [-0.3, -0.25) is 4.79 Å². The largest absolute Gasteiger partial charge is 0.338 e. The molecule has 4 nitrogen and oxygen atoms in total. The number of likely N-dealkylation sites (tertiary alicyclic amines) is 1. The van der Waals surface area contributed by atoms with E-state index in [9.17, 15) is 4.79 Å². The Balaban J connectivity index is 2.14. The number of nitrogens with zero attached hydrogens (tertiary/aromatic N) is 2. The first-order valence-electron chi connectivity index (χ1n) is 6.17. The summed E-state index contributed by atoms with van der Waals surface area (Å²) < 4.78 is 0. The van der Waals surface area contributed by atoms with E-state index in [0.717, 1.165) is 6.42 Å². The molecule has 2 N–H and O–H groups in total. The normalized spacial score (nSPS) is 23.5. The fourth-order valence-electron chi connectivity index (χ4n) is 2.25. The van der Waals surface area contributed by atoms with E-state index in [1.54, 1.807) is 24.3 Å². The molecule has 0 saturated carbocycles. The standard InChI is InChI=1S/C14H17N3O/c1-10-9-17(6-5-13(10)16)14(18)12-4-2-3-11(7-12)8-15/h2-4,7,10,13H,5-6,9,16H2,1H3. The molecular formula is C14H17N3O. The SMILES string of the molecule is CC1CN(C(=O)c2cccc(C#N)c2)CCC1N. The van der Waals surface area contributed by atoms with Crippen LogP contribution in [0.1, 0.15) is 29.3 Å². The first-order valence-corrected chi connectivity index (χ1v) is 6.17. The van der Waals surface area contributed by atoms with Crippen LogP contribution in [0.25, 0.3) is 0 Å². The van der Waals surface area contributed by atoms with Crippen molar-refractivity contribution < 1.29 is 4.79 Å². The third kappa shape index (κ3) is 2.52. The van der Waals surface area contributed by atoms with Crippen LogP contribution in [0.3, 0.4) is 0 Å². The molecule has 1 fully saturated rings. The van der Waals surface area contributed by atoms with Crippen LogP contribution < -0.4 is 5.73 Å². The van der Waals surface area contributed by atoms with E-state index in [-0.39, 0.29) is 11.9 Å². The Bertz CT molecular complexity index is 492. The van der Waals surface area contributed by atoms with Gasteiger partial charge in [0.25, 0.3) is 5.91 Å². The number of nitriles is 1. The Morgan fingerprint density at radius 1 is 1.56 bits per heavy atom. The number of carbonyl (C=O) groups is 1. The summed E-state index contributed by atoms with van der Waals surface area (Å²) in [7, 11) is 0. The lowest BCUT2D eigenvalue weighted by molar-refractivity contribution is 0.0664. The minimum absolute atomic E-state index is 0.00847. The zero-order valence-corrected chi connectivity index (χ0v) is 10.5. The van der Waals surface area contributed by atoms with Crippen molar-refractivity contribution in [1.82, 2.24) is 4.90 Å². The molecule has 2 atom stereocenters. The fourth-order valence-corrected chi connectivity index (χ4v) is 2.25. The molecule has 0 aliphatic carbocycles. The molecule has 1 heterocycles. The molecule has 18 heavy (non-hydrogen) atoms. The van der Waals surface area contributed by atoms with Gasteiger partial charge in [0.2, 0.25) is 0 Å². The van der Waals surface area contributed by atoms with Crippen LogP contribution >= 0.6 is 0 Å². The summed E-state index contributed by atoms with van der Waals surface area (Å²) in [6, 6.07) is 9.06. The first kappa shape index (κ1) is 12.6. The van der Waals surface area contributed by atoms with Gasteiger partial charge in [0.15, 0.2) is 0 Å². The summed E-state index contributed by atoms with van der Waals surface area (Å²) in [6.07, 6.45) is 0.838. The zero-order chi connectivity index (χ0) is 13.1. The van der Waals surface area contributed by atoms with Crippen molar-refractivity contribution in [2.24, 2.45) is 11.7 Å². The molecule has 1 aromatic carbocycles. The summed E-state index contributed by atoms with van der Waals surface area (Å²) in [5, 5.41) is 8.84. The van der Waals surface area contributed by atoms with Gasteiger partial charge in [0.05, 0.1) is 11.6 Å². The van der Waals surface area contributed by atoms with E-state index in [1.807, 2.05) is 4.90 Å². The molecule has 0 radical (unpaired) electrons. The van der Waals surface area contributed by atoms with Gasteiger partial charge in [0, 0.05) is 24.7 Å². The van der Waals surface area contributed by atoms with Gasteiger partial charge in [-0.1, -0.05) is 13.0 Å². The van der Waals surface area contributed by atoms with Crippen LogP contribution in [0, 0.1) is 17.2 Å². The molecule has 2 unspecified atom stereocenters. The van der Waals surface area contributed by atoms with Crippen molar-refractivity contribution in [3.05, 3.63) is 35.4 Å². The number of carbonyl (C=O) groups excluding carboxylic acids is 1. The summed E-state index contributed by atoms with van der Waals surface area (Å²) >= 11 is 0. The van der Waals surface area contributed by atoms with Gasteiger partial charge in [-0.25, -0.2) is 0 Å². The second-order valence-corrected chi connectivity index (χ2v) is 4.87. The number of nitrogens with two attached hydrogens (primary N) is 1. The lowest BCUT2D eigenvalue weighted by atomic mass is 9.94. The molecule has 2 rings (SSSR count). The molecule has 1 amide bonds. The molecule has 0 bridgehead atoms. The number of hydrogen-bond donors (Lipinski definition) is 1. The lowest BCUT2D eigenvalue weighted by Gasteiger charge is -2.35. The number of rotatable bonds is 1. The Hall–Kier alpha value is -1.86. The maximum atomic E-state index is 12.3. The minimum atomic E-state index is -0.00847. The van der Waals surface area contributed by atoms with Crippen LogP contribution in [0.15, 0.2) is 24.3 Å². The van der Waals surface area contributed by atoms with Gasteiger partial charge < -0.3 is 10.6 Å². The monoisotopic (exact) mass is 243 g/mol. The van der Waals surface area contributed by atoms with E-state index in [1.165, 1.54) is 0 Å². The highest BCUT2D eigenvalue weighted by Gasteiger charge is 2.26. The van der Waals surface area contributed by atoms with E-state index in [4.69, 9.17) is 11.0 Å².